The Labute approximate surface area is 107 Å². The largest absolute Gasteiger partial charge is 0.325 e. The molecule has 4 heteroatoms. The van der Waals surface area contributed by atoms with Crippen LogP contribution in [0.5, 0.6) is 0 Å². The van der Waals surface area contributed by atoms with Crippen molar-refractivity contribution in [3.63, 3.8) is 0 Å². The third kappa shape index (κ3) is 2.88. The van der Waals surface area contributed by atoms with Gasteiger partial charge in [0.2, 0.25) is 0 Å². The van der Waals surface area contributed by atoms with Gasteiger partial charge in [-0.2, -0.15) is 0 Å². The zero-order valence-electron chi connectivity index (χ0n) is 10.8. The second-order valence-corrected chi connectivity index (χ2v) is 5.48. The lowest BCUT2D eigenvalue weighted by molar-refractivity contribution is -0.384. The van der Waals surface area contributed by atoms with Crippen LogP contribution < -0.4 is 5.73 Å². The molecule has 1 fully saturated rings. The topological polar surface area (TPSA) is 69.2 Å². The van der Waals surface area contributed by atoms with Crippen LogP contribution in [0, 0.1) is 16.0 Å². The van der Waals surface area contributed by atoms with Gasteiger partial charge in [0, 0.05) is 17.7 Å². The minimum atomic E-state index is -0.351. The Hall–Kier alpha value is -1.42. The standard InChI is InChI=1S/C14H20N2O2/c1-2-11-6-7-14(15,9-11)10-12-4-3-5-13(8-12)16(17)18/h3-5,8,11H,2,6-7,9-10,15H2,1H3. The third-order valence-corrected chi connectivity index (χ3v) is 4.00. The summed E-state index contributed by atoms with van der Waals surface area (Å²) in [7, 11) is 0. The van der Waals surface area contributed by atoms with E-state index in [0.29, 0.717) is 5.92 Å². The normalized spacial score (nSPS) is 27.3. The van der Waals surface area contributed by atoms with Gasteiger partial charge < -0.3 is 5.73 Å². The predicted octanol–water partition coefficient (Wildman–Crippen LogP) is 3.04. The van der Waals surface area contributed by atoms with Crippen molar-refractivity contribution in [1.29, 1.82) is 0 Å². The maximum absolute atomic E-state index is 10.7. The van der Waals surface area contributed by atoms with Crippen molar-refractivity contribution in [2.45, 2.75) is 44.6 Å². The molecule has 1 aromatic rings. The van der Waals surface area contributed by atoms with Gasteiger partial charge in [0.15, 0.2) is 0 Å². The van der Waals surface area contributed by atoms with Gasteiger partial charge in [0.25, 0.3) is 5.69 Å². The van der Waals surface area contributed by atoms with E-state index in [1.54, 1.807) is 12.1 Å². The van der Waals surface area contributed by atoms with Crippen molar-refractivity contribution < 1.29 is 4.92 Å². The molecule has 0 aromatic heterocycles. The number of rotatable bonds is 4. The van der Waals surface area contributed by atoms with Gasteiger partial charge in [-0.25, -0.2) is 0 Å². The maximum Gasteiger partial charge on any atom is 0.269 e. The van der Waals surface area contributed by atoms with Crippen LogP contribution in [-0.4, -0.2) is 10.5 Å². The van der Waals surface area contributed by atoms with Crippen LogP contribution in [0.1, 0.15) is 38.2 Å². The fraction of sp³-hybridized carbons (Fsp3) is 0.571. The van der Waals surface area contributed by atoms with E-state index < -0.39 is 0 Å². The smallest absolute Gasteiger partial charge is 0.269 e. The Balaban J connectivity index is 2.09. The molecule has 0 radical (unpaired) electrons. The van der Waals surface area contributed by atoms with Crippen LogP contribution in [0.15, 0.2) is 24.3 Å². The SMILES string of the molecule is CCC1CCC(N)(Cc2cccc([N+](=O)[O-])c2)C1. The van der Waals surface area contributed by atoms with Crippen LogP contribution in [0.3, 0.4) is 0 Å². The zero-order chi connectivity index (χ0) is 13.2. The number of nitrogens with two attached hydrogens (primary N) is 1. The molecular weight excluding hydrogens is 228 g/mol. The number of nitro groups is 1. The summed E-state index contributed by atoms with van der Waals surface area (Å²) in [4.78, 5) is 10.4. The first-order valence-corrected chi connectivity index (χ1v) is 6.54. The summed E-state index contributed by atoms with van der Waals surface area (Å²) in [5.74, 6) is 0.716. The summed E-state index contributed by atoms with van der Waals surface area (Å²) in [5.41, 5.74) is 7.37. The number of nitro benzene ring substituents is 1. The number of non-ortho nitro benzene ring substituents is 1. The van der Waals surface area contributed by atoms with Crippen LogP contribution in [-0.2, 0) is 6.42 Å². The fourth-order valence-electron chi connectivity index (χ4n) is 2.97. The van der Waals surface area contributed by atoms with Gasteiger partial charge in [-0.05, 0) is 37.2 Å². The molecule has 0 heterocycles. The summed E-state index contributed by atoms with van der Waals surface area (Å²) >= 11 is 0. The molecular formula is C14H20N2O2. The first-order valence-electron chi connectivity index (χ1n) is 6.54. The van der Waals surface area contributed by atoms with Gasteiger partial charge in [0.05, 0.1) is 4.92 Å². The summed E-state index contributed by atoms with van der Waals surface area (Å²) in [5, 5.41) is 10.7. The predicted molar refractivity (Wildman–Crippen MR) is 71.4 cm³/mol. The quantitative estimate of drug-likeness (QED) is 0.657. The summed E-state index contributed by atoms with van der Waals surface area (Å²) in [6.07, 6.45) is 5.15. The average Bonchev–Trinajstić information content (AvgIpc) is 2.71. The van der Waals surface area contributed by atoms with Gasteiger partial charge in [0.1, 0.15) is 0 Å². The molecule has 1 aliphatic carbocycles. The van der Waals surface area contributed by atoms with E-state index in [1.165, 1.54) is 18.9 Å². The van der Waals surface area contributed by atoms with E-state index in [4.69, 9.17) is 5.73 Å². The second-order valence-electron chi connectivity index (χ2n) is 5.48. The Kier molecular flexibility index (Phi) is 3.66. The van der Waals surface area contributed by atoms with Crippen LogP contribution in [0.2, 0.25) is 0 Å². The second kappa shape index (κ2) is 5.06. The molecule has 18 heavy (non-hydrogen) atoms. The lowest BCUT2D eigenvalue weighted by Crippen LogP contribution is -2.39. The van der Waals surface area contributed by atoms with Gasteiger partial charge in [-0.3, -0.25) is 10.1 Å². The molecule has 0 bridgehead atoms. The van der Waals surface area contributed by atoms with Gasteiger partial charge in [-0.1, -0.05) is 25.5 Å². The number of hydrogen-bond donors (Lipinski definition) is 1. The van der Waals surface area contributed by atoms with E-state index in [1.807, 2.05) is 6.07 Å². The maximum atomic E-state index is 10.7. The highest BCUT2D eigenvalue weighted by Crippen LogP contribution is 2.37. The lowest BCUT2D eigenvalue weighted by Gasteiger charge is -2.24. The summed E-state index contributed by atoms with van der Waals surface area (Å²) in [6, 6.07) is 6.84. The van der Waals surface area contributed by atoms with E-state index in [2.05, 4.69) is 6.92 Å². The van der Waals surface area contributed by atoms with Crippen molar-refractivity contribution in [3.05, 3.63) is 39.9 Å². The first kappa shape index (κ1) is 13.0. The average molecular weight is 248 g/mol. The molecule has 0 spiro atoms. The Morgan fingerprint density at radius 2 is 2.33 bits per heavy atom. The van der Waals surface area contributed by atoms with E-state index in [0.717, 1.165) is 24.8 Å². The highest BCUT2D eigenvalue weighted by Gasteiger charge is 2.34. The molecule has 2 atom stereocenters. The van der Waals surface area contributed by atoms with Crippen molar-refractivity contribution in [2.75, 3.05) is 0 Å². The van der Waals surface area contributed by atoms with E-state index >= 15 is 0 Å². The molecule has 1 aliphatic rings. The first-order chi connectivity index (χ1) is 8.52. The van der Waals surface area contributed by atoms with Crippen LogP contribution >= 0.6 is 0 Å². The van der Waals surface area contributed by atoms with Crippen LogP contribution in [0.4, 0.5) is 5.69 Å². The molecule has 0 saturated heterocycles. The van der Waals surface area contributed by atoms with E-state index in [9.17, 15) is 10.1 Å². The van der Waals surface area contributed by atoms with Crippen molar-refractivity contribution in [1.82, 2.24) is 0 Å². The summed E-state index contributed by atoms with van der Waals surface area (Å²) < 4.78 is 0. The Morgan fingerprint density at radius 1 is 1.56 bits per heavy atom. The molecule has 98 valence electrons. The zero-order valence-corrected chi connectivity index (χ0v) is 10.8. The minimum absolute atomic E-state index is 0.154. The minimum Gasteiger partial charge on any atom is -0.325 e. The van der Waals surface area contributed by atoms with Crippen molar-refractivity contribution >= 4 is 5.69 Å². The highest BCUT2D eigenvalue weighted by molar-refractivity contribution is 5.35. The fourth-order valence-corrected chi connectivity index (χ4v) is 2.97. The van der Waals surface area contributed by atoms with Gasteiger partial charge >= 0.3 is 0 Å². The Morgan fingerprint density at radius 3 is 2.94 bits per heavy atom. The Bertz CT molecular complexity index is 447. The van der Waals surface area contributed by atoms with E-state index in [-0.39, 0.29) is 16.1 Å². The molecule has 4 nitrogen and oxygen atoms in total. The van der Waals surface area contributed by atoms with Crippen LogP contribution in [0.25, 0.3) is 0 Å². The lowest BCUT2D eigenvalue weighted by atomic mass is 9.89. The highest BCUT2D eigenvalue weighted by atomic mass is 16.6. The summed E-state index contributed by atoms with van der Waals surface area (Å²) in [6.45, 7) is 2.20. The number of benzene rings is 1. The molecule has 1 saturated carbocycles. The third-order valence-electron chi connectivity index (χ3n) is 4.00. The molecule has 2 N–H and O–H groups in total. The van der Waals surface area contributed by atoms with Crippen molar-refractivity contribution in [2.24, 2.45) is 11.7 Å². The molecule has 2 rings (SSSR count). The molecule has 2 unspecified atom stereocenters. The molecule has 1 aromatic carbocycles. The molecule has 0 amide bonds. The number of hydrogen-bond acceptors (Lipinski definition) is 3. The van der Waals surface area contributed by atoms with Gasteiger partial charge in [-0.15, -0.1) is 0 Å². The monoisotopic (exact) mass is 248 g/mol. The van der Waals surface area contributed by atoms with Crippen molar-refractivity contribution in [3.8, 4) is 0 Å². The molecule has 0 aliphatic heterocycles. The number of nitrogens with zero attached hydrogens (tertiary/aromatic N) is 1.